The highest BCUT2D eigenvalue weighted by atomic mass is 19.4. The minimum Gasteiger partial charge on any atom is -0.294 e. The van der Waals surface area contributed by atoms with Crippen LogP contribution in [0, 0.1) is 5.82 Å². The van der Waals surface area contributed by atoms with E-state index in [1.165, 1.54) is 0 Å². The van der Waals surface area contributed by atoms with E-state index in [1.54, 1.807) is 0 Å². The molecular weight excluding hydrogens is 224 g/mol. The Morgan fingerprint density at radius 1 is 1.19 bits per heavy atom. The third kappa shape index (κ3) is 3.64. The zero-order valence-electron chi connectivity index (χ0n) is 9.15. The van der Waals surface area contributed by atoms with Crippen LogP contribution in [0.4, 0.5) is 17.6 Å². The highest BCUT2D eigenvalue weighted by molar-refractivity contribution is 5.94. The molecule has 0 amide bonds. The topological polar surface area (TPSA) is 17.1 Å². The molecule has 90 valence electrons. The number of benzene rings is 1. The number of hydrogen-bond donors (Lipinski definition) is 0. The van der Waals surface area contributed by atoms with E-state index in [-0.39, 0.29) is 5.56 Å². The van der Waals surface area contributed by atoms with Crippen molar-refractivity contribution in [2.75, 3.05) is 0 Å². The molecule has 0 saturated heterocycles. The highest BCUT2D eigenvalue weighted by Gasteiger charge is 2.31. The summed E-state index contributed by atoms with van der Waals surface area (Å²) in [4.78, 5) is 10.7. The summed E-state index contributed by atoms with van der Waals surface area (Å²) in [5.41, 5.74) is -1.43. The van der Waals surface area contributed by atoms with Gasteiger partial charge in [-0.25, -0.2) is 4.39 Å². The summed E-state index contributed by atoms with van der Waals surface area (Å²) in [5, 5.41) is 0. The second kappa shape index (κ2) is 5.63. The molecular formula is C11H12F4O. The summed E-state index contributed by atoms with van der Waals surface area (Å²) < 4.78 is 49.1. The Kier molecular flexibility index (Phi) is 5.14. The molecule has 1 nitrogen and oxygen atoms in total. The summed E-state index contributed by atoms with van der Waals surface area (Å²) in [6.07, 6.45) is -4.59. The lowest BCUT2D eigenvalue weighted by atomic mass is 10.1. The minimum atomic E-state index is -4.59. The summed E-state index contributed by atoms with van der Waals surface area (Å²) in [6.45, 7) is 5.09. The molecule has 1 rings (SSSR count). The maximum atomic E-state index is 12.9. The van der Waals surface area contributed by atoms with Crippen molar-refractivity contribution >= 4 is 5.78 Å². The van der Waals surface area contributed by atoms with Crippen LogP contribution in [0.3, 0.4) is 0 Å². The SMILES string of the molecule is CC.CC(=O)c1ccc(C(F)(F)F)cc1F. The van der Waals surface area contributed by atoms with Crippen LogP contribution in [-0.2, 0) is 6.18 Å². The Hall–Kier alpha value is -1.39. The first-order chi connectivity index (χ1) is 7.32. The number of alkyl halides is 3. The predicted molar refractivity (Wildman–Crippen MR) is 52.8 cm³/mol. The third-order valence-electron chi connectivity index (χ3n) is 1.68. The maximum absolute atomic E-state index is 12.9. The van der Waals surface area contributed by atoms with Crippen molar-refractivity contribution in [3.63, 3.8) is 0 Å². The Morgan fingerprint density at radius 3 is 2.00 bits per heavy atom. The predicted octanol–water partition coefficient (Wildman–Crippen LogP) is 4.07. The number of ketones is 1. The third-order valence-corrected chi connectivity index (χ3v) is 1.68. The van der Waals surface area contributed by atoms with Crippen molar-refractivity contribution in [1.29, 1.82) is 0 Å². The van der Waals surface area contributed by atoms with Gasteiger partial charge in [-0.05, 0) is 25.1 Å². The molecule has 0 aromatic heterocycles. The van der Waals surface area contributed by atoms with Crippen molar-refractivity contribution in [1.82, 2.24) is 0 Å². The molecule has 0 aliphatic carbocycles. The van der Waals surface area contributed by atoms with Gasteiger partial charge in [-0.2, -0.15) is 13.2 Å². The molecule has 16 heavy (non-hydrogen) atoms. The van der Waals surface area contributed by atoms with E-state index in [0.29, 0.717) is 12.1 Å². The number of carbonyl (C=O) groups excluding carboxylic acids is 1. The first-order valence-electron chi connectivity index (χ1n) is 4.70. The first-order valence-corrected chi connectivity index (χ1v) is 4.70. The van der Waals surface area contributed by atoms with Crippen LogP contribution in [0.15, 0.2) is 18.2 Å². The Labute approximate surface area is 91.1 Å². The number of carbonyl (C=O) groups is 1. The van der Waals surface area contributed by atoms with E-state index in [4.69, 9.17) is 0 Å². The first kappa shape index (κ1) is 14.6. The van der Waals surface area contributed by atoms with Gasteiger partial charge in [0.15, 0.2) is 5.78 Å². The molecule has 0 saturated carbocycles. The molecule has 1 aromatic carbocycles. The van der Waals surface area contributed by atoms with Gasteiger partial charge in [0.1, 0.15) is 5.82 Å². The van der Waals surface area contributed by atoms with E-state index in [9.17, 15) is 22.4 Å². The minimum absolute atomic E-state index is 0.316. The lowest BCUT2D eigenvalue weighted by Crippen LogP contribution is -2.07. The van der Waals surface area contributed by atoms with Crippen molar-refractivity contribution in [2.24, 2.45) is 0 Å². The molecule has 0 fully saturated rings. The van der Waals surface area contributed by atoms with Crippen molar-refractivity contribution in [2.45, 2.75) is 26.9 Å². The molecule has 0 unspecified atom stereocenters. The van der Waals surface area contributed by atoms with E-state index in [2.05, 4.69) is 0 Å². The summed E-state index contributed by atoms with van der Waals surface area (Å²) in [6, 6.07) is 1.83. The second-order valence-corrected chi connectivity index (χ2v) is 2.75. The highest BCUT2D eigenvalue weighted by Crippen LogP contribution is 2.30. The van der Waals surface area contributed by atoms with Gasteiger partial charge in [0, 0.05) is 0 Å². The molecule has 5 heteroatoms. The van der Waals surface area contributed by atoms with Crippen LogP contribution in [0.5, 0.6) is 0 Å². The Balaban J connectivity index is 0.00000106. The number of rotatable bonds is 1. The fourth-order valence-electron chi connectivity index (χ4n) is 0.977. The zero-order valence-corrected chi connectivity index (χ0v) is 9.15. The van der Waals surface area contributed by atoms with Crippen LogP contribution in [-0.4, -0.2) is 5.78 Å². The van der Waals surface area contributed by atoms with Crippen LogP contribution < -0.4 is 0 Å². The molecule has 0 bridgehead atoms. The van der Waals surface area contributed by atoms with Gasteiger partial charge in [-0.3, -0.25) is 4.79 Å². The van der Waals surface area contributed by atoms with E-state index in [1.807, 2.05) is 13.8 Å². The molecule has 0 aliphatic rings. The monoisotopic (exact) mass is 236 g/mol. The molecule has 0 heterocycles. The molecule has 0 spiro atoms. The van der Waals surface area contributed by atoms with Crippen molar-refractivity contribution in [3.8, 4) is 0 Å². The maximum Gasteiger partial charge on any atom is 0.416 e. The van der Waals surface area contributed by atoms with Crippen molar-refractivity contribution < 1.29 is 22.4 Å². The van der Waals surface area contributed by atoms with Gasteiger partial charge in [0.2, 0.25) is 0 Å². The number of Topliss-reactive ketones (excluding diaryl/α,β-unsaturated/α-hetero) is 1. The standard InChI is InChI=1S/C9H6F4O.C2H6/c1-5(14)7-3-2-6(4-8(7)10)9(11,12)13;1-2/h2-4H,1H3;1-2H3. The second-order valence-electron chi connectivity index (χ2n) is 2.75. The molecule has 0 N–H and O–H groups in total. The zero-order chi connectivity index (χ0) is 12.9. The largest absolute Gasteiger partial charge is 0.416 e. The normalized spacial score (nSPS) is 10.4. The molecule has 0 atom stereocenters. The van der Waals surface area contributed by atoms with Crippen LogP contribution in [0.1, 0.15) is 36.7 Å². The average molecular weight is 236 g/mol. The molecule has 1 aromatic rings. The lowest BCUT2D eigenvalue weighted by Gasteiger charge is -2.07. The van der Waals surface area contributed by atoms with E-state index in [0.717, 1.165) is 13.0 Å². The fraction of sp³-hybridized carbons (Fsp3) is 0.364. The Bertz CT molecular complexity index is 369. The fourth-order valence-corrected chi connectivity index (χ4v) is 0.977. The van der Waals surface area contributed by atoms with Crippen LogP contribution in [0.2, 0.25) is 0 Å². The molecule has 0 aliphatic heterocycles. The Morgan fingerprint density at radius 2 is 1.69 bits per heavy atom. The van der Waals surface area contributed by atoms with Gasteiger partial charge in [-0.15, -0.1) is 0 Å². The number of halogens is 4. The van der Waals surface area contributed by atoms with Crippen LogP contribution in [0.25, 0.3) is 0 Å². The van der Waals surface area contributed by atoms with E-state index < -0.39 is 23.3 Å². The van der Waals surface area contributed by atoms with E-state index >= 15 is 0 Å². The van der Waals surface area contributed by atoms with Gasteiger partial charge in [0.05, 0.1) is 11.1 Å². The van der Waals surface area contributed by atoms with Crippen molar-refractivity contribution in [3.05, 3.63) is 35.1 Å². The molecule has 0 radical (unpaired) electrons. The summed E-state index contributed by atoms with van der Waals surface area (Å²) in [7, 11) is 0. The van der Waals surface area contributed by atoms with Gasteiger partial charge in [-0.1, -0.05) is 13.8 Å². The van der Waals surface area contributed by atoms with Gasteiger partial charge in [0.25, 0.3) is 0 Å². The average Bonchev–Trinajstić information content (AvgIpc) is 2.18. The summed E-state index contributed by atoms with van der Waals surface area (Å²) in [5.74, 6) is -1.75. The quantitative estimate of drug-likeness (QED) is 0.530. The smallest absolute Gasteiger partial charge is 0.294 e. The summed E-state index contributed by atoms with van der Waals surface area (Å²) >= 11 is 0. The van der Waals surface area contributed by atoms with Crippen LogP contribution >= 0.6 is 0 Å². The number of hydrogen-bond acceptors (Lipinski definition) is 1. The van der Waals surface area contributed by atoms with Gasteiger partial charge >= 0.3 is 6.18 Å². The lowest BCUT2D eigenvalue weighted by molar-refractivity contribution is -0.137. The van der Waals surface area contributed by atoms with Gasteiger partial charge < -0.3 is 0 Å².